The fraction of sp³-hybridized carbons (Fsp3) is 0.848. The molecule has 4 unspecified atom stereocenters. The summed E-state index contributed by atoms with van der Waals surface area (Å²) < 4.78 is 13.0. The van der Waals surface area contributed by atoms with E-state index < -0.39 is 10.8 Å². The lowest BCUT2D eigenvalue weighted by Crippen LogP contribution is -2.54. The highest BCUT2D eigenvalue weighted by molar-refractivity contribution is 7.84. The van der Waals surface area contributed by atoms with Gasteiger partial charge in [-0.3, -0.25) is 4.21 Å². The minimum Gasteiger partial charge on any atom is -0.253 e. The minimum absolute atomic E-state index is 0.522. The minimum atomic E-state index is -0.949. The van der Waals surface area contributed by atoms with Crippen LogP contribution in [0.15, 0.2) is 29.4 Å². The van der Waals surface area contributed by atoms with Gasteiger partial charge in [0, 0.05) is 11.9 Å². The van der Waals surface area contributed by atoms with E-state index in [4.69, 9.17) is 0 Å². The maximum absolute atomic E-state index is 13.0. The summed E-state index contributed by atoms with van der Waals surface area (Å²) in [5.74, 6) is 7.85. The zero-order chi connectivity index (χ0) is 25.5. The third kappa shape index (κ3) is 5.01. The van der Waals surface area contributed by atoms with E-state index >= 15 is 0 Å². The first-order valence-corrected chi connectivity index (χ1v) is 16.8. The van der Waals surface area contributed by atoms with E-state index in [2.05, 4.69) is 39.6 Å². The van der Waals surface area contributed by atoms with E-state index in [0.29, 0.717) is 16.7 Å². The van der Waals surface area contributed by atoms with Crippen LogP contribution >= 0.6 is 0 Å². The second kappa shape index (κ2) is 10.8. The molecule has 3 heteroatoms. The van der Waals surface area contributed by atoms with Crippen LogP contribution in [0.3, 0.4) is 0 Å². The Balaban J connectivity index is 1.22. The molecular formula is C33H53NOS. The molecule has 0 aliphatic heterocycles. The van der Waals surface area contributed by atoms with Crippen LogP contribution in [-0.2, 0) is 10.8 Å². The third-order valence-corrected chi connectivity index (χ3v) is 13.7. The van der Waals surface area contributed by atoms with Crippen molar-refractivity contribution in [3.05, 3.63) is 24.4 Å². The van der Waals surface area contributed by atoms with Crippen LogP contribution in [0.5, 0.6) is 0 Å². The van der Waals surface area contributed by atoms with Crippen LogP contribution in [0.1, 0.15) is 112 Å². The van der Waals surface area contributed by atoms with Gasteiger partial charge in [-0.15, -0.1) is 0 Å². The van der Waals surface area contributed by atoms with Crippen molar-refractivity contribution in [3.63, 3.8) is 0 Å². The molecule has 4 saturated carbocycles. The number of rotatable bonds is 8. The zero-order valence-electron chi connectivity index (χ0n) is 23.9. The highest BCUT2D eigenvalue weighted by Crippen LogP contribution is 2.68. The summed E-state index contributed by atoms with van der Waals surface area (Å²) in [6.07, 6.45) is 18.8. The molecule has 202 valence electrons. The number of hydrogen-bond acceptors (Lipinski definition) is 2. The average molecular weight is 512 g/mol. The number of fused-ring (bicyclic) bond motifs is 5. The van der Waals surface area contributed by atoms with E-state index in [0.717, 1.165) is 52.2 Å². The largest absolute Gasteiger partial charge is 0.253 e. The monoisotopic (exact) mass is 511 g/mol. The van der Waals surface area contributed by atoms with Crippen molar-refractivity contribution < 1.29 is 4.21 Å². The SMILES string of the molecule is CC(C)CCC[C@@H](C)[C@H]1CCC2C3CC[C@H]4C[C@H](CS(=O)c5ccccn5)CC[C@]4(C)C3CC[C@@]21C. The number of aromatic nitrogens is 1. The van der Waals surface area contributed by atoms with Crippen LogP contribution in [0.2, 0.25) is 0 Å². The van der Waals surface area contributed by atoms with Gasteiger partial charge in [0.2, 0.25) is 0 Å². The molecule has 4 aliphatic rings. The van der Waals surface area contributed by atoms with Crippen molar-refractivity contribution in [2.75, 3.05) is 5.75 Å². The van der Waals surface area contributed by atoms with Crippen molar-refractivity contribution in [2.24, 2.45) is 58.2 Å². The van der Waals surface area contributed by atoms with E-state index in [9.17, 15) is 4.21 Å². The van der Waals surface area contributed by atoms with Gasteiger partial charge < -0.3 is 0 Å². The molecule has 0 saturated heterocycles. The van der Waals surface area contributed by atoms with Gasteiger partial charge in [-0.1, -0.05) is 59.9 Å². The van der Waals surface area contributed by atoms with Crippen molar-refractivity contribution in [3.8, 4) is 0 Å². The summed E-state index contributed by atoms with van der Waals surface area (Å²) >= 11 is 0. The molecule has 0 N–H and O–H groups in total. The second-order valence-corrected chi connectivity index (χ2v) is 16.0. The van der Waals surface area contributed by atoms with Gasteiger partial charge in [0.25, 0.3) is 0 Å². The Bertz CT molecular complexity index is 900. The average Bonchev–Trinajstić information content (AvgIpc) is 3.22. The lowest BCUT2D eigenvalue weighted by molar-refractivity contribution is -0.120. The summed E-state index contributed by atoms with van der Waals surface area (Å²) in [6.45, 7) is 12.8. The van der Waals surface area contributed by atoms with Crippen molar-refractivity contribution in [1.82, 2.24) is 4.98 Å². The molecule has 0 radical (unpaired) electrons. The molecule has 10 atom stereocenters. The van der Waals surface area contributed by atoms with Crippen LogP contribution in [-0.4, -0.2) is 14.9 Å². The third-order valence-electron chi connectivity index (χ3n) is 12.2. The molecule has 0 bridgehead atoms. The molecule has 4 aliphatic carbocycles. The molecule has 1 heterocycles. The molecular weight excluding hydrogens is 458 g/mol. The van der Waals surface area contributed by atoms with E-state index in [1.165, 1.54) is 77.0 Å². The molecule has 2 nitrogen and oxygen atoms in total. The molecule has 5 rings (SSSR count). The highest BCUT2D eigenvalue weighted by Gasteiger charge is 2.60. The Morgan fingerprint density at radius 3 is 2.47 bits per heavy atom. The molecule has 36 heavy (non-hydrogen) atoms. The second-order valence-electron chi connectivity index (χ2n) is 14.5. The smallest absolute Gasteiger partial charge is 0.127 e. The summed E-state index contributed by atoms with van der Waals surface area (Å²) in [7, 11) is -0.949. The van der Waals surface area contributed by atoms with Crippen LogP contribution in [0.4, 0.5) is 0 Å². The topological polar surface area (TPSA) is 30.0 Å². The summed E-state index contributed by atoms with van der Waals surface area (Å²) in [4.78, 5) is 4.37. The predicted octanol–water partition coefficient (Wildman–Crippen LogP) is 8.93. The standard InChI is InChI=1S/C33H53NOS/c1-23(2)9-8-10-24(3)28-14-15-29-27-13-12-26-21-25(22-36(35)31-11-6-7-20-34-31)16-18-32(26,4)30(27)17-19-33(28,29)5/h6-7,11,20,23-30H,8-10,12-19,21-22H2,1-5H3/t24-,25-,26+,27?,28-,29?,30?,32+,33-,36?/m1/s1. The lowest BCUT2D eigenvalue weighted by Gasteiger charge is -2.61. The Labute approximate surface area is 224 Å². The van der Waals surface area contributed by atoms with E-state index in [1.807, 2.05) is 18.2 Å². The van der Waals surface area contributed by atoms with Crippen molar-refractivity contribution in [1.29, 1.82) is 0 Å². The zero-order valence-corrected chi connectivity index (χ0v) is 24.7. The predicted molar refractivity (Wildman–Crippen MR) is 152 cm³/mol. The van der Waals surface area contributed by atoms with Crippen molar-refractivity contribution >= 4 is 10.8 Å². The Kier molecular flexibility index (Phi) is 8.08. The van der Waals surface area contributed by atoms with Crippen LogP contribution in [0.25, 0.3) is 0 Å². The quantitative estimate of drug-likeness (QED) is 0.349. The number of pyridine rings is 1. The van der Waals surface area contributed by atoms with Crippen LogP contribution in [0, 0.1) is 58.2 Å². The molecule has 4 fully saturated rings. The normalized spacial score (nSPS) is 41.8. The Morgan fingerprint density at radius 2 is 1.72 bits per heavy atom. The molecule has 0 amide bonds. The van der Waals surface area contributed by atoms with Gasteiger partial charge >= 0.3 is 0 Å². The molecule has 1 aromatic heterocycles. The molecule has 0 spiro atoms. The Hall–Kier alpha value is -0.700. The summed E-state index contributed by atoms with van der Waals surface area (Å²) in [6, 6.07) is 5.82. The van der Waals surface area contributed by atoms with Gasteiger partial charge in [0.1, 0.15) is 5.03 Å². The first kappa shape index (κ1) is 26.9. The number of hydrogen-bond donors (Lipinski definition) is 0. The maximum Gasteiger partial charge on any atom is 0.127 e. The summed E-state index contributed by atoms with van der Waals surface area (Å²) in [5.41, 5.74) is 1.12. The van der Waals surface area contributed by atoms with Gasteiger partial charge in [-0.05, 0) is 128 Å². The fourth-order valence-corrected chi connectivity index (χ4v) is 11.6. The fourth-order valence-electron chi connectivity index (χ4n) is 10.3. The van der Waals surface area contributed by atoms with Gasteiger partial charge in [0.05, 0.1) is 10.8 Å². The van der Waals surface area contributed by atoms with Gasteiger partial charge in [-0.2, -0.15) is 0 Å². The molecule has 0 aromatic carbocycles. The molecule has 1 aromatic rings. The van der Waals surface area contributed by atoms with E-state index in [1.54, 1.807) is 6.20 Å². The highest BCUT2D eigenvalue weighted by atomic mass is 32.2. The first-order chi connectivity index (χ1) is 17.2. The van der Waals surface area contributed by atoms with Gasteiger partial charge in [-0.25, -0.2) is 4.98 Å². The van der Waals surface area contributed by atoms with E-state index in [-0.39, 0.29) is 0 Å². The van der Waals surface area contributed by atoms with Gasteiger partial charge in [0.15, 0.2) is 0 Å². The Morgan fingerprint density at radius 1 is 0.944 bits per heavy atom. The van der Waals surface area contributed by atoms with Crippen LogP contribution < -0.4 is 0 Å². The number of nitrogens with zero attached hydrogens (tertiary/aromatic N) is 1. The van der Waals surface area contributed by atoms with Crippen molar-refractivity contribution in [2.45, 2.75) is 117 Å². The first-order valence-electron chi connectivity index (χ1n) is 15.5. The summed E-state index contributed by atoms with van der Waals surface area (Å²) in [5, 5.41) is 0.773. The lowest BCUT2D eigenvalue weighted by atomic mass is 9.44. The maximum atomic E-state index is 13.0.